The predicted molar refractivity (Wildman–Crippen MR) is 325 cm³/mol. The molecule has 1 amide bonds. The van der Waals surface area contributed by atoms with E-state index in [0.29, 0.717) is 23.9 Å². The van der Waals surface area contributed by atoms with Gasteiger partial charge in [0, 0.05) is 12.8 Å². The smallest absolute Gasteiger partial charge is 0.306 e. The Morgan fingerprint density at radius 1 is 0.474 bits per heavy atom. The number of amides is 1. The molecule has 0 heterocycles. The van der Waals surface area contributed by atoms with Crippen LogP contribution in [0.3, 0.4) is 0 Å². The Morgan fingerprint density at radius 2 is 0.842 bits per heavy atom. The zero-order chi connectivity index (χ0) is 55.7. The number of esters is 1. The molecular formula is C66H119N2O7P. The molecule has 0 radical (unpaired) electrons. The Morgan fingerprint density at radius 3 is 1.32 bits per heavy atom. The lowest BCUT2D eigenvalue weighted by Gasteiger charge is -2.30. The van der Waals surface area contributed by atoms with Gasteiger partial charge in [-0.15, -0.1) is 0 Å². The normalized spacial score (nSPS) is 14.2. The summed E-state index contributed by atoms with van der Waals surface area (Å²) in [7, 11) is 1.15. The van der Waals surface area contributed by atoms with Gasteiger partial charge in [-0.1, -0.05) is 241 Å². The number of quaternary nitrogens is 1. The van der Waals surface area contributed by atoms with Gasteiger partial charge < -0.3 is 28.5 Å². The summed E-state index contributed by atoms with van der Waals surface area (Å²) in [6.07, 6.45) is 72.7. The summed E-state index contributed by atoms with van der Waals surface area (Å²) in [5.41, 5.74) is 0. The van der Waals surface area contributed by atoms with Crippen LogP contribution in [-0.4, -0.2) is 69.4 Å². The standard InChI is InChI=1S/C66H119N2O7P/c1-7-10-13-16-19-22-25-27-29-31-32-33-34-35-36-37-39-41-44-47-50-53-56-59-66(70)75-64(57-54-51-48-45-42-24-21-18-15-12-9-3)63(62-74-76(71,72)73-61-60-68(4,5)6)67-65(69)58-55-52-49-46-43-40-38-30-28-26-23-20-17-14-11-8-2/h19,22,27,29-30,32-33,35-36,38,40,43,54,57,63-64H,7-18,20-21,23-26,28,31,34,37,39,41-42,44-53,55-56,58-62H2,1-6H3,(H-,67,69,71,72)/b22-19-,29-27-,33-32-,36-35-,38-30+,43-40+,57-54-. The number of carbonyl (C=O) groups is 2. The molecule has 0 saturated heterocycles. The van der Waals surface area contributed by atoms with E-state index < -0.39 is 26.6 Å². The van der Waals surface area contributed by atoms with E-state index in [1.54, 1.807) is 0 Å². The number of nitrogens with zero attached hydrogens (tertiary/aromatic N) is 1. The van der Waals surface area contributed by atoms with Crippen LogP contribution in [0.4, 0.5) is 0 Å². The molecule has 0 bridgehead atoms. The molecule has 0 saturated carbocycles. The lowest BCUT2D eigenvalue weighted by atomic mass is 10.1. The van der Waals surface area contributed by atoms with Crippen molar-refractivity contribution < 1.29 is 37.3 Å². The molecule has 10 heteroatoms. The second-order valence-electron chi connectivity index (χ2n) is 22.2. The van der Waals surface area contributed by atoms with Crippen LogP contribution >= 0.6 is 7.82 Å². The van der Waals surface area contributed by atoms with Gasteiger partial charge in [-0.3, -0.25) is 14.2 Å². The largest absolute Gasteiger partial charge is 0.756 e. The highest BCUT2D eigenvalue weighted by Crippen LogP contribution is 2.38. The first-order valence-electron chi connectivity index (χ1n) is 31.4. The summed E-state index contributed by atoms with van der Waals surface area (Å²) in [6, 6.07) is -0.910. The SMILES string of the molecule is CCCCC/C=C\C/C=C\C/C=C\C/C=C\CCCCCCCCCC(=O)OC(/C=C\CCCCCCCCCCC)C(COP(=O)([O-])OCC[N+](C)(C)C)NC(=O)CCCCC/C=C/C=C/CCCCCCCCC. The number of phosphoric acid groups is 1. The average molecular weight is 1080 g/mol. The quantitative estimate of drug-likeness (QED) is 0.0161. The number of carbonyl (C=O) groups excluding carboxylic acids is 2. The lowest BCUT2D eigenvalue weighted by molar-refractivity contribution is -0.870. The minimum atomic E-state index is -4.71. The molecular weight excluding hydrogens is 964 g/mol. The summed E-state index contributed by atoms with van der Waals surface area (Å²) < 4.78 is 30.3. The Hall–Kier alpha value is -2.81. The molecule has 0 aliphatic rings. The first-order chi connectivity index (χ1) is 36.9. The van der Waals surface area contributed by atoms with Gasteiger partial charge in [0.2, 0.25) is 5.91 Å². The summed E-state index contributed by atoms with van der Waals surface area (Å²) in [6.45, 7) is 6.77. The van der Waals surface area contributed by atoms with Crippen molar-refractivity contribution in [3.63, 3.8) is 0 Å². The van der Waals surface area contributed by atoms with Gasteiger partial charge in [0.25, 0.3) is 7.82 Å². The lowest BCUT2D eigenvalue weighted by Crippen LogP contribution is -2.47. The predicted octanol–water partition coefficient (Wildman–Crippen LogP) is 18.8. The molecule has 0 aromatic rings. The van der Waals surface area contributed by atoms with Crippen molar-refractivity contribution in [3.05, 3.63) is 85.1 Å². The number of ether oxygens (including phenoxy) is 1. The van der Waals surface area contributed by atoms with Crippen LogP contribution < -0.4 is 10.2 Å². The van der Waals surface area contributed by atoms with Crippen molar-refractivity contribution in [1.82, 2.24) is 5.32 Å². The monoisotopic (exact) mass is 1080 g/mol. The molecule has 0 aromatic carbocycles. The summed E-state index contributed by atoms with van der Waals surface area (Å²) in [5.74, 6) is -0.585. The van der Waals surface area contributed by atoms with Gasteiger partial charge in [-0.25, -0.2) is 0 Å². The fourth-order valence-electron chi connectivity index (χ4n) is 8.67. The van der Waals surface area contributed by atoms with Gasteiger partial charge in [0.1, 0.15) is 19.3 Å². The van der Waals surface area contributed by atoms with Crippen LogP contribution in [0.1, 0.15) is 271 Å². The Kier molecular flexibility index (Phi) is 53.5. The van der Waals surface area contributed by atoms with E-state index in [2.05, 4.69) is 99.0 Å². The van der Waals surface area contributed by atoms with Crippen molar-refractivity contribution in [3.8, 4) is 0 Å². The van der Waals surface area contributed by atoms with Gasteiger partial charge in [0.05, 0.1) is 33.8 Å². The maximum absolute atomic E-state index is 13.5. The van der Waals surface area contributed by atoms with Crippen LogP contribution in [0, 0.1) is 0 Å². The first-order valence-corrected chi connectivity index (χ1v) is 32.9. The van der Waals surface area contributed by atoms with Crippen molar-refractivity contribution in [1.29, 1.82) is 0 Å². The number of hydrogen-bond acceptors (Lipinski definition) is 7. The van der Waals surface area contributed by atoms with Gasteiger partial charge in [0.15, 0.2) is 0 Å². The highest BCUT2D eigenvalue weighted by Gasteiger charge is 2.27. The number of rotatable bonds is 56. The third-order valence-corrected chi connectivity index (χ3v) is 14.5. The van der Waals surface area contributed by atoms with Crippen molar-refractivity contribution in [2.75, 3.05) is 40.9 Å². The van der Waals surface area contributed by atoms with Gasteiger partial charge >= 0.3 is 5.97 Å². The number of allylic oxidation sites excluding steroid dienone is 13. The maximum atomic E-state index is 13.5. The van der Waals surface area contributed by atoms with E-state index in [1.165, 1.54) is 135 Å². The second kappa shape index (κ2) is 55.5. The molecule has 76 heavy (non-hydrogen) atoms. The van der Waals surface area contributed by atoms with E-state index in [9.17, 15) is 19.0 Å². The van der Waals surface area contributed by atoms with Crippen LogP contribution in [0.2, 0.25) is 0 Å². The van der Waals surface area contributed by atoms with E-state index in [-0.39, 0.29) is 31.3 Å². The zero-order valence-electron chi connectivity index (χ0n) is 50.2. The van der Waals surface area contributed by atoms with E-state index in [4.69, 9.17) is 13.8 Å². The van der Waals surface area contributed by atoms with Crippen molar-refractivity contribution in [2.45, 2.75) is 283 Å². The minimum absolute atomic E-state index is 0.0325. The van der Waals surface area contributed by atoms with Crippen LogP contribution in [-0.2, 0) is 27.9 Å². The number of hydrogen-bond donors (Lipinski definition) is 1. The maximum Gasteiger partial charge on any atom is 0.306 e. The summed E-state index contributed by atoms with van der Waals surface area (Å²) >= 11 is 0. The molecule has 9 nitrogen and oxygen atoms in total. The molecule has 1 N–H and O–H groups in total. The third-order valence-electron chi connectivity index (χ3n) is 13.6. The molecule has 0 aliphatic carbocycles. The molecule has 440 valence electrons. The van der Waals surface area contributed by atoms with Crippen LogP contribution in [0.5, 0.6) is 0 Å². The molecule has 3 unspecified atom stereocenters. The fraction of sp³-hybridized carbons (Fsp3) is 0.758. The number of unbranched alkanes of at least 4 members (excludes halogenated alkanes) is 29. The molecule has 0 aromatic heterocycles. The minimum Gasteiger partial charge on any atom is -0.756 e. The van der Waals surface area contributed by atoms with E-state index >= 15 is 0 Å². The summed E-state index contributed by atoms with van der Waals surface area (Å²) in [4.78, 5) is 39.9. The van der Waals surface area contributed by atoms with Gasteiger partial charge in [-0.2, -0.15) is 0 Å². The Bertz CT molecular complexity index is 1580. The van der Waals surface area contributed by atoms with Crippen molar-refractivity contribution >= 4 is 19.7 Å². The van der Waals surface area contributed by atoms with E-state index in [1.807, 2.05) is 33.3 Å². The topological polar surface area (TPSA) is 114 Å². The Balaban J connectivity index is 5.25. The number of likely N-dealkylation sites (N-methyl/N-ethyl adjacent to an activating group) is 1. The van der Waals surface area contributed by atoms with Crippen molar-refractivity contribution in [2.24, 2.45) is 0 Å². The second-order valence-corrected chi connectivity index (χ2v) is 23.6. The highest BCUT2D eigenvalue weighted by atomic mass is 31.2. The third kappa shape index (κ3) is 55.9. The molecule has 0 fully saturated rings. The molecule has 0 spiro atoms. The molecule has 0 rings (SSSR count). The first kappa shape index (κ1) is 73.2. The highest BCUT2D eigenvalue weighted by molar-refractivity contribution is 7.45. The Labute approximate surface area is 469 Å². The van der Waals surface area contributed by atoms with Crippen LogP contribution in [0.15, 0.2) is 85.1 Å². The fourth-order valence-corrected chi connectivity index (χ4v) is 9.40. The van der Waals surface area contributed by atoms with Gasteiger partial charge in [-0.05, 0) is 102 Å². The number of phosphoric ester groups is 1. The number of nitrogens with one attached hydrogen (secondary N) is 1. The van der Waals surface area contributed by atoms with Crippen LogP contribution in [0.25, 0.3) is 0 Å². The summed E-state index contributed by atoms with van der Waals surface area (Å²) in [5, 5.41) is 3.01. The molecule has 3 atom stereocenters. The molecule has 0 aliphatic heterocycles. The average Bonchev–Trinajstić information content (AvgIpc) is 3.38. The zero-order valence-corrected chi connectivity index (χ0v) is 51.1. The van der Waals surface area contributed by atoms with E-state index in [0.717, 1.165) is 89.9 Å².